The number of carbonyl (C=O) groups is 1. The molecule has 1 N–H and O–H groups in total. The van der Waals surface area contributed by atoms with Gasteiger partial charge in [-0.3, -0.25) is 9.71 Å². The Hall–Kier alpha value is -2.44. The fraction of sp³-hybridized carbons (Fsp3) is 0.438. The molecule has 2 amide bonds. The van der Waals surface area contributed by atoms with Gasteiger partial charge in [0.25, 0.3) is 0 Å². The zero-order valence-electron chi connectivity index (χ0n) is 12.6. The van der Waals surface area contributed by atoms with E-state index in [4.69, 9.17) is 0 Å². The van der Waals surface area contributed by atoms with Gasteiger partial charge in [0, 0.05) is 13.1 Å². The minimum Gasteiger partial charge on any atom is -0.324 e. The second-order valence-electron chi connectivity index (χ2n) is 6.23. The lowest BCUT2D eigenvalue weighted by molar-refractivity contribution is 0.212. The van der Waals surface area contributed by atoms with Crippen LogP contribution in [-0.2, 0) is 6.54 Å². The topological polar surface area (TPSA) is 63.1 Å². The van der Waals surface area contributed by atoms with Crippen molar-refractivity contribution < 1.29 is 9.18 Å². The first-order valence-electron chi connectivity index (χ1n) is 7.80. The highest BCUT2D eigenvalue weighted by atomic mass is 19.1. The molecule has 2 aliphatic rings. The third kappa shape index (κ3) is 2.78. The van der Waals surface area contributed by atoms with E-state index in [-0.39, 0.29) is 18.6 Å². The molecule has 3 atom stereocenters. The largest absolute Gasteiger partial charge is 0.324 e. The molecule has 1 unspecified atom stereocenters. The van der Waals surface area contributed by atoms with Gasteiger partial charge in [0.05, 0.1) is 13.2 Å². The molecular weight excluding hydrogens is 297 g/mol. The van der Waals surface area contributed by atoms with Crippen molar-refractivity contribution in [2.45, 2.75) is 6.54 Å². The summed E-state index contributed by atoms with van der Waals surface area (Å²) in [5.74, 6) is 1.15. The van der Waals surface area contributed by atoms with Crippen LogP contribution in [-0.4, -0.2) is 45.5 Å². The van der Waals surface area contributed by atoms with Gasteiger partial charge >= 0.3 is 6.03 Å². The highest BCUT2D eigenvalue weighted by molar-refractivity contribution is 5.87. The first kappa shape index (κ1) is 14.2. The van der Waals surface area contributed by atoms with E-state index < -0.39 is 0 Å². The van der Waals surface area contributed by atoms with Crippen LogP contribution in [0.3, 0.4) is 0 Å². The third-order valence-electron chi connectivity index (χ3n) is 4.78. The molecule has 1 aliphatic heterocycles. The zero-order valence-corrected chi connectivity index (χ0v) is 12.6. The van der Waals surface area contributed by atoms with E-state index in [1.807, 2.05) is 30.3 Å². The van der Waals surface area contributed by atoms with Crippen LogP contribution in [0, 0.1) is 17.8 Å². The Morgan fingerprint density at radius 2 is 2.00 bits per heavy atom. The highest BCUT2D eigenvalue weighted by Crippen LogP contribution is 2.51. The van der Waals surface area contributed by atoms with E-state index in [1.54, 1.807) is 15.9 Å². The molecule has 1 aromatic heterocycles. The number of piperidine rings is 1. The first-order valence-corrected chi connectivity index (χ1v) is 7.80. The van der Waals surface area contributed by atoms with Crippen molar-refractivity contribution >= 4 is 12.0 Å². The number of anilines is 1. The fourth-order valence-corrected chi connectivity index (χ4v) is 3.42. The second kappa shape index (κ2) is 5.64. The van der Waals surface area contributed by atoms with Crippen LogP contribution in [0.15, 0.2) is 36.7 Å². The summed E-state index contributed by atoms with van der Waals surface area (Å²) in [5, 5.41) is 6.98. The number of benzene rings is 1. The number of aromatic nitrogens is 3. The summed E-state index contributed by atoms with van der Waals surface area (Å²) in [7, 11) is 0. The van der Waals surface area contributed by atoms with E-state index in [0.29, 0.717) is 37.4 Å². The van der Waals surface area contributed by atoms with Crippen molar-refractivity contribution in [2.75, 3.05) is 25.1 Å². The standard InChI is InChI=1S/C16H18FN5O/c17-6-12-13-8-21(9-14(12)13)16(23)19-15-18-10-22(20-15)7-11-4-2-1-3-5-11/h1-5,10,12-14H,6-9H2,(H,19,20,23)/t12?,13-,14+. The van der Waals surface area contributed by atoms with Gasteiger partial charge in [-0.1, -0.05) is 30.3 Å². The van der Waals surface area contributed by atoms with Gasteiger partial charge in [-0.05, 0) is 23.3 Å². The lowest BCUT2D eigenvalue weighted by Gasteiger charge is -2.18. The molecule has 7 heteroatoms. The maximum absolute atomic E-state index is 12.6. The Kier molecular flexibility index (Phi) is 3.48. The number of likely N-dealkylation sites (tertiary alicyclic amines) is 1. The van der Waals surface area contributed by atoms with Crippen LogP contribution >= 0.6 is 0 Å². The summed E-state index contributed by atoms with van der Waals surface area (Å²) in [6, 6.07) is 9.73. The second-order valence-corrected chi connectivity index (χ2v) is 6.23. The van der Waals surface area contributed by atoms with Gasteiger partial charge < -0.3 is 4.90 Å². The molecular formula is C16H18FN5O. The number of hydrogen-bond acceptors (Lipinski definition) is 3. The van der Waals surface area contributed by atoms with Crippen molar-refractivity contribution in [1.29, 1.82) is 0 Å². The summed E-state index contributed by atoms with van der Waals surface area (Å²) >= 11 is 0. The molecule has 2 heterocycles. The van der Waals surface area contributed by atoms with Gasteiger partial charge in [-0.25, -0.2) is 14.5 Å². The van der Waals surface area contributed by atoms with Gasteiger partial charge in [-0.2, -0.15) is 0 Å². The molecule has 4 rings (SSSR count). The summed E-state index contributed by atoms with van der Waals surface area (Å²) in [5.41, 5.74) is 1.12. The Morgan fingerprint density at radius 1 is 1.26 bits per heavy atom. The molecule has 1 aliphatic carbocycles. The van der Waals surface area contributed by atoms with E-state index in [0.717, 1.165) is 5.56 Å². The number of hydrogen-bond donors (Lipinski definition) is 1. The van der Waals surface area contributed by atoms with Crippen LogP contribution in [0.5, 0.6) is 0 Å². The van der Waals surface area contributed by atoms with E-state index in [1.165, 1.54) is 0 Å². The molecule has 2 fully saturated rings. The van der Waals surface area contributed by atoms with Crippen molar-refractivity contribution in [3.8, 4) is 0 Å². The molecule has 6 nitrogen and oxygen atoms in total. The third-order valence-corrected chi connectivity index (χ3v) is 4.78. The van der Waals surface area contributed by atoms with E-state index in [2.05, 4.69) is 15.4 Å². The summed E-state index contributed by atoms with van der Waals surface area (Å²) in [4.78, 5) is 18.0. The molecule has 1 aromatic carbocycles. The maximum atomic E-state index is 12.6. The van der Waals surface area contributed by atoms with Crippen LogP contribution < -0.4 is 5.32 Å². The number of urea groups is 1. The number of rotatable bonds is 4. The summed E-state index contributed by atoms with van der Waals surface area (Å²) in [6.07, 6.45) is 1.60. The Labute approximate surface area is 133 Å². The molecule has 0 spiro atoms. The maximum Gasteiger partial charge on any atom is 0.324 e. The quantitative estimate of drug-likeness (QED) is 0.939. The molecule has 1 saturated heterocycles. The number of nitrogens with one attached hydrogen (secondary N) is 1. The SMILES string of the molecule is O=C(Nc1ncn(Cc2ccccc2)n1)N1C[C@@H]2C(CF)[C@@H]2C1. The predicted octanol–water partition coefficient (Wildman–Crippen LogP) is 2.01. The van der Waals surface area contributed by atoms with Crippen LogP contribution in [0.25, 0.3) is 0 Å². The first-order chi connectivity index (χ1) is 11.2. The zero-order chi connectivity index (χ0) is 15.8. The number of fused-ring (bicyclic) bond motifs is 1. The lowest BCUT2D eigenvalue weighted by Crippen LogP contribution is -2.35. The van der Waals surface area contributed by atoms with Gasteiger partial charge in [0.15, 0.2) is 0 Å². The van der Waals surface area contributed by atoms with E-state index in [9.17, 15) is 9.18 Å². The lowest BCUT2D eigenvalue weighted by atomic mass is 10.2. The molecule has 1 saturated carbocycles. The molecule has 23 heavy (non-hydrogen) atoms. The molecule has 0 radical (unpaired) electrons. The average molecular weight is 315 g/mol. The normalized spacial score (nSPS) is 25.3. The summed E-state index contributed by atoms with van der Waals surface area (Å²) < 4.78 is 14.3. The summed E-state index contributed by atoms with van der Waals surface area (Å²) in [6.45, 7) is 1.61. The van der Waals surface area contributed by atoms with Crippen molar-refractivity contribution in [1.82, 2.24) is 19.7 Å². The van der Waals surface area contributed by atoms with Gasteiger partial charge in [0.1, 0.15) is 6.33 Å². The van der Waals surface area contributed by atoms with Crippen molar-refractivity contribution in [2.24, 2.45) is 17.8 Å². The van der Waals surface area contributed by atoms with Crippen LogP contribution in [0.1, 0.15) is 5.56 Å². The van der Waals surface area contributed by atoms with Crippen LogP contribution in [0.2, 0.25) is 0 Å². The minimum atomic E-state index is -0.268. The Bertz CT molecular complexity index is 692. The molecule has 120 valence electrons. The fourth-order valence-electron chi connectivity index (χ4n) is 3.42. The average Bonchev–Trinajstić information content (AvgIpc) is 2.92. The minimum absolute atomic E-state index is 0.169. The van der Waals surface area contributed by atoms with Gasteiger partial charge in [0.2, 0.25) is 5.95 Å². The number of alkyl halides is 1. The number of carbonyl (C=O) groups excluding carboxylic acids is 1. The molecule has 0 bridgehead atoms. The number of amides is 2. The highest BCUT2D eigenvalue weighted by Gasteiger charge is 2.56. The predicted molar refractivity (Wildman–Crippen MR) is 82.6 cm³/mol. The number of nitrogens with zero attached hydrogens (tertiary/aromatic N) is 4. The Balaban J connectivity index is 1.32. The number of halogens is 1. The monoisotopic (exact) mass is 315 g/mol. The van der Waals surface area contributed by atoms with E-state index >= 15 is 0 Å². The smallest absolute Gasteiger partial charge is 0.324 e. The van der Waals surface area contributed by atoms with Crippen molar-refractivity contribution in [3.05, 3.63) is 42.2 Å². The Morgan fingerprint density at radius 3 is 2.70 bits per heavy atom. The van der Waals surface area contributed by atoms with Crippen LogP contribution in [0.4, 0.5) is 15.1 Å². The van der Waals surface area contributed by atoms with Gasteiger partial charge in [-0.15, -0.1) is 5.10 Å². The van der Waals surface area contributed by atoms with Crippen molar-refractivity contribution in [3.63, 3.8) is 0 Å². The molecule has 2 aromatic rings.